The minimum Gasteiger partial charge on any atom is -0.381 e. The van der Waals surface area contributed by atoms with Crippen LogP contribution in [-0.2, 0) is 20.3 Å². The molecule has 1 aliphatic heterocycles. The molecule has 0 bridgehead atoms. The maximum atomic E-state index is 14.8. The second-order valence-electron chi connectivity index (χ2n) is 8.47. The van der Waals surface area contributed by atoms with Crippen LogP contribution in [0.2, 0.25) is 5.28 Å². The summed E-state index contributed by atoms with van der Waals surface area (Å²) in [4.78, 5) is 12.9. The molecule has 0 spiro atoms. The summed E-state index contributed by atoms with van der Waals surface area (Å²) in [6, 6.07) is 7.78. The van der Waals surface area contributed by atoms with Gasteiger partial charge in [0.25, 0.3) is 0 Å². The molecule has 0 aliphatic carbocycles. The van der Waals surface area contributed by atoms with Gasteiger partial charge in [0.1, 0.15) is 22.3 Å². The first-order chi connectivity index (χ1) is 17.7. The van der Waals surface area contributed by atoms with E-state index in [-0.39, 0.29) is 16.8 Å². The Kier molecular flexibility index (Phi) is 7.30. The lowest BCUT2D eigenvalue weighted by Crippen LogP contribution is -2.13. The van der Waals surface area contributed by atoms with Crippen molar-refractivity contribution in [3.05, 3.63) is 82.0 Å². The molecule has 1 fully saturated rings. The summed E-state index contributed by atoms with van der Waals surface area (Å²) in [5.74, 6) is -3.51. The summed E-state index contributed by atoms with van der Waals surface area (Å²) in [6.45, 7) is 1.23. The zero-order valence-corrected chi connectivity index (χ0v) is 21.5. The largest absolute Gasteiger partial charge is 0.381 e. The van der Waals surface area contributed by atoms with Gasteiger partial charge < -0.3 is 4.74 Å². The SMILES string of the molecule is O=S(=O)(Cc1cc(-c2nc(C3CCOCC3)sc2-c2ccnc(Cl)n2)ccc1F)c1cc(F)ccc1F. The van der Waals surface area contributed by atoms with Crippen LogP contribution < -0.4 is 0 Å². The van der Waals surface area contributed by atoms with Gasteiger partial charge >= 0.3 is 0 Å². The van der Waals surface area contributed by atoms with Gasteiger partial charge in [-0.15, -0.1) is 11.3 Å². The first-order valence-electron chi connectivity index (χ1n) is 11.3. The van der Waals surface area contributed by atoms with Crippen LogP contribution in [0.5, 0.6) is 0 Å². The van der Waals surface area contributed by atoms with E-state index in [4.69, 9.17) is 21.3 Å². The number of ether oxygens (including phenoxy) is 1. The molecule has 0 saturated carbocycles. The Bertz CT molecular complexity index is 1570. The van der Waals surface area contributed by atoms with Crippen LogP contribution >= 0.6 is 22.9 Å². The Morgan fingerprint density at radius 2 is 1.76 bits per heavy atom. The highest BCUT2D eigenvalue weighted by atomic mass is 35.5. The molecule has 1 aliphatic rings. The Morgan fingerprint density at radius 3 is 2.51 bits per heavy atom. The van der Waals surface area contributed by atoms with Gasteiger partial charge in [0, 0.05) is 36.5 Å². The molecule has 2 aromatic carbocycles. The van der Waals surface area contributed by atoms with Crippen LogP contribution in [0.25, 0.3) is 21.8 Å². The number of benzene rings is 2. The van der Waals surface area contributed by atoms with E-state index in [1.54, 1.807) is 6.07 Å². The van der Waals surface area contributed by atoms with Gasteiger partial charge in [-0.3, -0.25) is 0 Å². The molecule has 0 atom stereocenters. The van der Waals surface area contributed by atoms with Crippen LogP contribution in [-0.4, -0.2) is 36.6 Å². The Labute approximate surface area is 220 Å². The molecule has 12 heteroatoms. The summed E-state index contributed by atoms with van der Waals surface area (Å²) >= 11 is 7.45. The molecule has 3 heterocycles. The van der Waals surface area contributed by atoms with E-state index in [0.29, 0.717) is 41.1 Å². The summed E-state index contributed by atoms with van der Waals surface area (Å²) in [5, 5.41) is 0.899. The third-order valence-corrected chi connectivity index (χ3v) is 9.06. The van der Waals surface area contributed by atoms with Crippen LogP contribution in [0, 0.1) is 17.5 Å². The fourth-order valence-corrected chi connectivity index (χ4v) is 6.93. The second kappa shape index (κ2) is 10.5. The van der Waals surface area contributed by atoms with Crippen molar-refractivity contribution in [1.29, 1.82) is 0 Å². The van der Waals surface area contributed by atoms with Crippen molar-refractivity contribution in [2.75, 3.05) is 13.2 Å². The van der Waals surface area contributed by atoms with Gasteiger partial charge in [-0.2, -0.15) is 0 Å². The van der Waals surface area contributed by atoms with Crippen LogP contribution in [0.15, 0.2) is 53.6 Å². The zero-order chi connectivity index (χ0) is 26.2. The van der Waals surface area contributed by atoms with Crippen molar-refractivity contribution < 1.29 is 26.3 Å². The van der Waals surface area contributed by atoms with E-state index < -0.39 is 37.9 Å². The lowest BCUT2D eigenvalue weighted by atomic mass is 10.0. The lowest BCUT2D eigenvalue weighted by molar-refractivity contribution is 0.0853. The van der Waals surface area contributed by atoms with E-state index in [1.165, 1.54) is 29.7 Å². The molecular formula is C25H19ClF3N3O3S2. The maximum absolute atomic E-state index is 14.8. The van der Waals surface area contributed by atoms with Crippen LogP contribution in [0.4, 0.5) is 13.2 Å². The van der Waals surface area contributed by atoms with E-state index in [0.717, 1.165) is 36.0 Å². The predicted octanol–water partition coefficient (Wildman–Crippen LogP) is 6.21. The molecule has 5 rings (SSSR count). The molecule has 192 valence electrons. The fourth-order valence-electron chi connectivity index (χ4n) is 4.12. The number of hydrogen-bond donors (Lipinski definition) is 0. The molecule has 37 heavy (non-hydrogen) atoms. The molecule has 6 nitrogen and oxygen atoms in total. The first-order valence-corrected chi connectivity index (χ1v) is 14.1. The van der Waals surface area contributed by atoms with Gasteiger partial charge in [-0.25, -0.2) is 36.5 Å². The van der Waals surface area contributed by atoms with Gasteiger partial charge in [0.2, 0.25) is 5.28 Å². The minimum absolute atomic E-state index is 0.0486. The molecule has 2 aromatic heterocycles. The summed E-state index contributed by atoms with van der Waals surface area (Å²) < 4.78 is 73.8. The average Bonchev–Trinajstić information content (AvgIpc) is 3.33. The Morgan fingerprint density at radius 1 is 1.00 bits per heavy atom. The topological polar surface area (TPSA) is 82.0 Å². The van der Waals surface area contributed by atoms with Crippen LogP contribution in [0.3, 0.4) is 0 Å². The van der Waals surface area contributed by atoms with Crippen molar-refractivity contribution >= 4 is 32.8 Å². The highest BCUT2D eigenvalue weighted by Gasteiger charge is 2.26. The van der Waals surface area contributed by atoms with Crippen molar-refractivity contribution in [3.8, 4) is 21.8 Å². The number of halogens is 4. The molecule has 0 N–H and O–H groups in total. The number of aromatic nitrogens is 3. The number of thiazole rings is 1. The minimum atomic E-state index is -4.39. The van der Waals surface area contributed by atoms with Crippen molar-refractivity contribution in [2.45, 2.75) is 29.4 Å². The number of rotatable bonds is 6. The number of sulfone groups is 1. The molecular weight excluding hydrogens is 547 g/mol. The average molecular weight is 566 g/mol. The second-order valence-corrected chi connectivity index (χ2v) is 11.8. The fraction of sp³-hybridized carbons (Fsp3) is 0.240. The number of nitrogens with zero attached hydrogens (tertiary/aromatic N) is 3. The molecule has 0 radical (unpaired) electrons. The maximum Gasteiger partial charge on any atom is 0.222 e. The molecule has 0 unspecified atom stereocenters. The van der Waals surface area contributed by atoms with Crippen molar-refractivity contribution in [3.63, 3.8) is 0 Å². The van der Waals surface area contributed by atoms with Gasteiger partial charge in [-0.1, -0.05) is 0 Å². The summed E-state index contributed by atoms with van der Waals surface area (Å²) in [6.07, 6.45) is 3.10. The quantitative estimate of drug-likeness (QED) is 0.259. The highest BCUT2D eigenvalue weighted by molar-refractivity contribution is 7.90. The van der Waals surface area contributed by atoms with Gasteiger partial charge in [0.15, 0.2) is 9.84 Å². The number of hydrogen-bond acceptors (Lipinski definition) is 7. The Hall–Kier alpha value is -2.86. The van der Waals surface area contributed by atoms with Crippen molar-refractivity contribution in [1.82, 2.24) is 15.0 Å². The summed E-state index contributed by atoms with van der Waals surface area (Å²) in [7, 11) is -4.39. The van der Waals surface area contributed by atoms with Gasteiger partial charge in [-0.05, 0) is 66.9 Å². The van der Waals surface area contributed by atoms with E-state index >= 15 is 0 Å². The smallest absolute Gasteiger partial charge is 0.222 e. The third kappa shape index (κ3) is 5.54. The Balaban J connectivity index is 1.58. The molecule has 1 saturated heterocycles. The van der Waals surface area contributed by atoms with E-state index in [9.17, 15) is 21.6 Å². The third-order valence-electron chi connectivity index (χ3n) is 5.97. The summed E-state index contributed by atoms with van der Waals surface area (Å²) in [5.41, 5.74) is 1.25. The monoisotopic (exact) mass is 565 g/mol. The first kappa shape index (κ1) is 25.8. The lowest BCUT2D eigenvalue weighted by Gasteiger charge is -2.19. The normalized spacial score (nSPS) is 14.7. The molecule has 4 aromatic rings. The predicted molar refractivity (Wildman–Crippen MR) is 134 cm³/mol. The van der Waals surface area contributed by atoms with Crippen LogP contribution in [0.1, 0.15) is 29.3 Å². The van der Waals surface area contributed by atoms with E-state index in [1.807, 2.05) is 0 Å². The molecule has 0 amide bonds. The standard InChI is InChI=1S/C25H19ClF3N3O3S2/c26-25-30-8-5-20(31-25)23-22(32-24(36-23)14-6-9-35-10-7-14)15-1-3-18(28)16(11-15)13-37(33,34)21-12-17(27)2-4-19(21)29/h1-5,8,11-12,14H,6-7,9-10,13H2. The van der Waals surface area contributed by atoms with Crippen molar-refractivity contribution in [2.24, 2.45) is 0 Å². The zero-order valence-electron chi connectivity index (χ0n) is 19.1. The van der Waals surface area contributed by atoms with Gasteiger partial charge in [0.05, 0.1) is 27.0 Å². The van der Waals surface area contributed by atoms with E-state index in [2.05, 4.69) is 9.97 Å². The highest BCUT2D eigenvalue weighted by Crippen LogP contribution is 2.41.